The molecule has 0 saturated carbocycles. The first-order valence-corrected chi connectivity index (χ1v) is 7.67. The first-order chi connectivity index (χ1) is 11.9. The van der Waals surface area contributed by atoms with Crippen LogP contribution in [0.5, 0.6) is 5.75 Å². The van der Waals surface area contributed by atoms with Gasteiger partial charge in [-0.2, -0.15) is 0 Å². The van der Waals surface area contributed by atoms with Crippen molar-refractivity contribution in [2.24, 2.45) is 0 Å². The Balaban J connectivity index is 2.05. The fourth-order valence-corrected chi connectivity index (χ4v) is 2.48. The van der Waals surface area contributed by atoms with Gasteiger partial charge in [-0.3, -0.25) is 14.9 Å². The average molecular weight is 405 g/mol. The minimum atomic E-state index is -1.10. The van der Waals surface area contributed by atoms with E-state index in [1.165, 1.54) is 6.07 Å². The zero-order valence-electron chi connectivity index (χ0n) is 12.4. The van der Waals surface area contributed by atoms with Gasteiger partial charge in [0.25, 0.3) is 11.6 Å². The molecular formula is C16H9BrN2O6. The van der Waals surface area contributed by atoms with Crippen LogP contribution in [0.3, 0.4) is 0 Å². The van der Waals surface area contributed by atoms with E-state index in [1.54, 1.807) is 24.3 Å². The number of nitro groups is 1. The number of hydrogen-bond acceptors (Lipinski definition) is 6. The number of non-ortho nitro benzene ring substituents is 1. The Morgan fingerprint density at radius 3 is 2.52 bits per heavy atom. The first kappa shape index (κ1) is 16.7. The smallest absolute Gasteiger partial charge is 0.353 e. The Kier molecular flexibility index (Phi) is 4.24. The maximum atomic E-state index is 12.3. The van der Waals surface area contributed by atoms with Crippen LogP contribution in [0.15, 0.2) is 56.1 Å². The van der Waals surface area contributed by atoms with Crippen molar-refractivity contribution in [3.05, 3.63) is 73.0 Å². The highest BCUT2D eigenvalue weighted by Crippen LogP contribution is 2.29. The van der Waals surface area contributed by atoms with Crippen molar-refractivity contribution < 1.29 is 19.2 Å². The summed E-state index contributed by atoms with van der Waals surface area (Å²) < 4.78 is 5.76. The second-order valence-electron chi connectivity index (χ2n) is 5.01. The summed E-state index contributed by atoms with van der Waals surface area (Å²) in [4.78, 5) is 34.5. The van der Waals surface area contributed by atoms with E-state index < -0.39 is 27.8 Å². The van der Waals surface area contributed by atoms with Gasteiger partial charge in [-0.15, -0.1) is 0 Å². The Bertz CT molecular complexity index is 1060. The van der Waals surface area contributed by atoms with Crippen LogP contribution in [-0.4, -0.2) is 15.9 Å². The van der Waals surface area contributed by atoms with Crippen molar-refractivity contribution in [2.75, 3.05) is 5.32 Å². The summed E-state index contributed by atoms with van der Waals surface area (Å²) in [5.74, 6) is -1.45. The van der Waals surface area contributed by atoms with Crippen LogP contribution >= 0.6 is 15.9 Å². The van der Waals surface area contributed by atoms with E-state index >= 15 is 0 Å². The lowest BCUT2D eigenvalue weighted by molar-refractivity contribution is -0.384. The number of anilines is 1. The van der Waals surface area contributed by atoms with Gasteiger partial charge < -0.3 is 14.8 Å². The fraction of sp³-hybridized carbons (Fsp3) is 0. The van der Waals surface area contributed by atoms with E-state index in [0.29, 0.717) is 5.69 Å². The number of halogens is 1. The zero-order valence-corrected chi connectivity index (χ0v) is 13.9. The van der Waals surface area contributed by atoms with Crippen LogP contribution in [0.4, 0.5) is 11.4 Å². The number of nitrogens with one attached hydrogen (secondary N) is 1. The number of nitro benzene ring substituents is 1. The topological polar surface area (TPSA) is 123 Å². The van der Waals surface area contributed by atoms with Crippen LogP contribution in [0.25, 0.3) is 11.0 Å². The van der Waals surface area contributed by atoms with Gasteiger partial charge >= 0.3 is 5.63 Å². The van der Waals surface area contributed by atoms with Gasteiger partial charge in [0.15, 0.2) is 5.56 Å². The molecule has 0 aliphatic heterocycles. The van der Waals surface area contributed by atoms with Gasteiger partial charge in [0.1, 0.15) is 11.3 Å². The molecule has 0 fully saturated rings. The third kappa shape index (κ3) is 3.22. The quantitative estimate of drug-likeness (QED) is 0.391. The average Bonchev–Trinajstić information content (AvgIpc) is 2.56. The molecule has 1 aromatic heterocycles. The van der Waals surface area contributed by atoms with E-state index in [2.05, 4.69) is 21.2 Å². The largest absolute Gasteiger partial charge is 0.506 e. The van der Waals surface area contributed by atoms with Gasteiger partial charge in [0, 0.05) is 16.2 Å². The zero-order chi connectivity index (χ0) is 18.1. The van der Waals surface area contributed by atoms with Gasteiger partial charge in [0.2, 0.25) is 0 Å². The third-order valence-electron chi connectivity index (χ3n) is 3.40. The lowest BCUT2D eigenvalue weighted by atomic mass is 10.1. The summed E-state index contributed by atoms with van der Waals surface area (Å²) in [5.41, 5.74) is -1.75. The van der Waals surface area contributed by atoms with Crippen LogP contribution < -0.4 is 10.9 Å². The fourth-order valence-electron chi connectivity index (χ4n) is 2.21. The normalized spacial score (nSPS) is 10.6. The number of hydrogen-bond donors (Lipinski definition) is 2. The van der Waals surface area contributed by atoms with Crippen LogP contribution in [-0.2, 0) is 0 Å². The number of benzene rings is 2. The van der Waals surface area contributed by atoms with Gasteiger partial charge in [0.05, 0.1) is 16.4 Å². The Hall–Kier alpha value is -3.20. The first-order valence-electron chi connectivity index (χ1n) is 6.88. The minimum Gasteiger partial charge on any atom is -0.506 e. The molecule has 1 heterocycles. The maximum Gasteiger partial charge on any atom is 0.353 e. The van der Waals surface area contributed by atoms with Crippen molar-refractivity contribution in [3.8, 4) is 5.75 Å². The third-order valence-corrected chi connectivity index (χ3v) is 3.93. The molecule has 9 heteroatoms. The molecule has 0 radical (unpaired) electrons. The highest BCUT2D eigenvalue weighted by atomic mass is 79.9. The second-order valence-corrected chi connectivity index (χ2v) is 5.93. The van der Waals surface area contributed by atoms with E-state index in [1.807, 2.05) is 0 Å². The number of rotatable bonds is 3. The molecule has 0 atom stereocenters. The molecule has 0 bridgehead atoms. The van der Waals surface area contributed by atoms with E-state index in [-0.39, 0.29) is 16.7 Å². The number of aromatic hydroxyl groups is 1. The molecule has 3 aromatic rings. The molecule has 2 N–H and O–H groups in total. The number of nitrogens with zero attached hydrogens (tertiary/aromatic N) is 1. The molecule has 126 valence electrons. The molecule has 2 aromatic carbocycles. The molecule has 0 aliphatic carbocycles. The molecule has 25 heavy (non-hydrogen) atoms. The molecule has 8 nitrogen and oxygen atoms in total. The van der Waals surface area contributed by atoms with Crippen LogP contribution in [0.2, 0.25) is 0 Å². The summed E-state index contributed by atoms with van der Waals surface area (Å²) in [5, 5.41) is 23.5. The lowest BCUT2D eigenvalue weighted by Crippen LogP contribution is -2.21. The SMILES string of the molecule is O=C(Nc1ccc(Br)cc1)c1c(O)c2ccc([N+](=O)[O-])cc2oc1=O. The minimum absolute atomic E-state index is 0.0196. The Morgan fingerprint density at radius 2 is 1.88 bits per heavy atom. The standard InChI is InChI=1S/C16H9BrN2O6/c17-8-1-3-9(4-2-8)18-15(21)13-14(20)11-6-5-10(19(23)24)7-12(11)25-16(13)22/h1-7,20H,(H,18,21). The lowest BCUT2D eigenvalue weighted by Gasteiger charge is -2.07. The van der Waals surface area contributed by atoms with Crippen molar-refractivity contribution in [1.29, 1.82) is 0 Å². The van der Waals surface area contributed by atoms with E-state index in [4.69, 9.17) is 4.42 Å². The predicted molar refractivity (Wildman–Crippen MR) is 92.9 cm³/mol. The number of carbonyl (C=O) groups is 1. The molecule has 0 spiro atoms. The number of carbonyl (C=O) groups excluding carboxylic acids is 1. The van der Waals surface area contributed by atoms with Crippen LogP contribution in [0.1, 0.15) is 10.4 Å². The highest BCUT2D eigenvalue weighted by Gasteiger charge is 2.22. The summed E-state index contributed by atoms with van der Waals surface area (Å²) in [6.45, 7) is 0. The second kappa shape index (κ2) is 6.36. The molecular weight excluding hydrogens is 396 g/mol. The van der Waals surface area contributed by atoms with Gasteiger partial charge in [-0.1, -0.05) is 15.9 Å². The van der Waals surface area contributed by atoms with Crippen molar-refractivity contribution >= 4 is 44.2 Å². The van der Waals surface area contributed by atoms with Gasteiger partial charge in [-0.05, 0) is 30.3 Å². The highest BCUT2D eigenvalue weighted by molar-refractivity contribution is 9.10. The number of amides is 1. The summed E-state index contributed by atoms with van der Waals surface area (Å²) >= 11 is 3.26. The van der Waals surface area contributed by atoms with E-state index in [0.717, 1.165) is 16.6 Å². The predicted octanol–water partition coefficient (Wildman–Crippen LogP) is 3.42. The number of fused-ring (bicyclic) bond motifs is 1. The Morgan fingerprint density at radius 1 is 1.20 bits per heavy atom. The molecule has 3 rings (SSSR count). The monoisotopic (exact) mass is 404 g/mol. The molecule has 0 aliphatic rings. The molecule has 0 unspecified atom stereocenters. The molecule has 0 saturated heterocycles. The summed E-state index contributed by atoms with van der Waals surface area (Å²) in [6, 6.07) is 9.94. The van der Waals surface area contributed by atoms with Gasteiger partial charge in [-0.25, -0.2) is 4.79 Å². The summed E-state index contributed by atoms with van der Waals surface area (Å²) in [6.07, 6.45) is 0. The van der Waals surface area contributed by atoms with E-state index in [9.17, 15) is 24.8 Å². The van der Waals surface area contributed by atoms with Crippen molar-refractivity contribution in [3.63, 3.8) is 0 Å². The maximum absolute atomic E-state index is 12.3. The van der Waals surface area contributed by atoms with Crippen molar-refractivity contribution in [2.45, 2.75) is 0 Å². The Labute approximate surface area is 148 Å². The molecule has 1 amide bonds. The van der Waals surface area contributed by atoms with Crippen LogP contribution in [0, 0.1) is 10.1 Å². The van der Waals surface area contributed by atoms with Crippen molar-refractivity contribution in [1.82, 2.24) is 0 Å². The summed E-state index contributed by atoms with van der Waals surface area (Å²) in [7, 11) is 0.